The van der Waals surface area contributed by atoms with Gasteiger partial charge in [0.2, 0.25) is 0 Å². The molecule has 0 aliphatic heterocycles. The highest BCUT2D eigenvalue weighted by Crippen LogP contribution is 1.96. The van der Waals surface area contributed by atoms with Gasteiger partial charge in [0, 0.05) is 5.92 Å². The molecule has 0 heterocycles. The Labute approximate surface area is 76.3 Å². The topological polar surface area (TPSA) is 43.1 Å². The molecule has 0 aromatic heterocycles. The molecule has 0 saturated carbocycles. The lowest BCUT2D eigenvalue weighted by Gasteiger charge is -1.65. The number of primary amides is 1. The van der Waals surface area contributed by atoms with Crippen LogP contribution in [0.3, 0.4) is 0 Å². The quantitative estimate of drug-likeness (QED) is 0.506. The first-order chi connectivity index (χ1) is 5.18. The van der Waals surface area contributed by atoms with E-state index in [1.165, 1.54) is 11.8 Å². The number of thioether (sulfide) groups is 1. The van der Waals surface area contributed by atoms with E-state index >= 15 is 0 Å². The number of carbonyl (C=O) groups excluding carboxylic acids is 1. The largest absolute Gasteiger partial charge is 0.359 e. The van der Waals surface area contributed by atoms with E-state index in [2.05, 4.69) is 31.5 Å². The monoisotopic (exact) mass is 187 g/mol. The van der Waals surface area contributed by atoms with Crippen molar-refractivity contribution in [3.63, 3.8) is 0 Å². The number of hydrogen-bond acceptors (Lipinski definition) is 3. The van der Waals surface area contributed by atoms with Gasteiger partial charge in [-0.25, -0.2) is 0 Å². The SMILES string of the molecule is C=CSC=C.NC(=O)C#CS. The van der Waals surface area contributed by atoms with Crippen LogP contribution in [0.15, 0.2) is 24.0 Å². The lowest BCUT2D eigenvalue weighted by atomic mass is 10.7. The number of nitrogens with two attached hydrogens (primary N) is 1. The van der Waals surface area contributed by atoms with Crippen molar-refractivity contribution in [3.05, 3.63) is 24.0 Å². The van der Waals surface area contributed by atoms with Gasteiger partial charge in [-0.15, -0.1) is 11.8 Å². The fourth-order valence-electron chi connectivity index (χ4n) is 0.123. The second-order valence-corrected chi connectivity index (χ2v) is 2.23. The predicted molar refractivity (Wildman–Crippen MR) is 53.9 cm³/mol. The van der Waals surface area contributed by atoms with E-state index in [9.17, 15) is 4.79 Å². The van der Waals surface area contributed by atoms with Gasteiger partial charge in [0.1, 0.15) is 0 Å². The van der Waals surface area contributed by atoms with Crippen LogP contribution in [0.4, 0.5) is 0 Å². The van der Waals surface area contributed by atoms with Crippen molar-refractivity contribution in [3.8, 4) is 11.2 Å². The Balaban J connectivity index is 0. The van der Waals surface area contributed by atoms with Gasteiger partial charge in [-0.3, -0.25) is 4.79 Å². The molecule has 11 heavy (non-hydrogen) atoms. The minimum atomic E-state index is -0.648. The minimum Gasteiger partial charge on any atom is -0.359 e. The summed E-state index contributed by atoms with van der Waals surface area (Å²) in [7, 11) is 0. The summed E-state index contributed by atoms with van der Waals surface area (Å²) >= 11 is 4.89. The van der Waals surface area contributed by atoms with Gasteiger partial charge in [0.05, 0.1) is 0 Å². The Morgan fingerprint density at radius 2 is 2.00 bits per heavy atom. The smallest absolute Gasteiger partial charge is 0.294 e. The molecule has 0 spiro atoms. The summed E-state index contributed by atoms with van der Waals surface area (Å²) < 4.78 is 0. The Morgan fingerprint density at radius 1 is 1.55 bits per heavy atom. The number of thiol groups is 1. The molecule has 0 fully saturated rings. The van der Waals surface area contributed by atoms with Gasteiger partial charge in [-0.2, -0.15) is 0 Å². The Bertz CT molecular complexity index is 184. The zero-order chi connectivity index (χ0) is 9.11. The van der Waals surface area contributed by atoms with Crippen LogP contribution in [0.1, 0.15) is 0 Å². The van der Waals surface area contributed by atoms with E-state index in [0.29, 0.717) is 0 Å². The zero-order valence-corrected chi connectivity index (χ0v) is 7.62. The predicted octanol–water partition coefficient (Wildman–Crippen LogP) is 1.37. The van der Waals surface area contributed by atoms with Crippen molar-refractivity contribution in [2.45, 2.75) is 0 Å². The van der Waals surface area contributed by atoms with Gasteiger partial charge in [0.25, 0.3) is 5.91 Å². The standard InChI is InChI=1S/C4H6S.C3H3NOS/c1-3-5-4-2;4-3(5)1-2-6/h3-4H,1-2H2;6H,(H2,4,5). The second kappa shape index (κ2) is 11.9. The maximum Gasteiger partial charge on any atom is 0.294 e. The normalized spacial score (nSPS) is 5.91. The average Bonchev–Trinajstić information content (AvgIpc) is 1.90. The maximum atomic E-state index is 9.60. The van der Waals surface area contributed by atoms with Crippen LogP contribution in [0.5, 0.6) is 0 Å². The van der Waals surface area contributed by atoms with Crippen LogP contribution in [0.25, 0.3) is 0 Å². The minimum absolute atomic E-state index is 0.648. The third-order valence-electron chi connectivity index (χ3n) is 0.372. The lowest BCUT2D eigenvalue weighted by Crippen LogP contribution is -2.05. The van der Waals surface area contributed by atoms with Crippen molar-refractivity contribution in [2.75, 3.05) is 0 Å². The van der Waals surface area contributed by atoms with Crippen LogP contribution >= 0.6 is 24.4 Å². The number of rotatable bonds is 2. The molecule has 0 aliphatic carbocycles. The number of carbonyl (C=O) groups is 1. The summed E-state index contributed by atoms with van der Waals surface area (Å²) in [6, 6.07) is 0. The van der Waals surface area contributed by atoms with Crippen LogP contribution in [0, 0.1) is 11.2 Å². The Kier molecular flexibility index (Phi) is 13.9. The average molecular weight is 187 g/mol. The van der Waals surface area contributed by atoms with Crippen molar-refractivity contribution in [2.24, 2.45) is 5.73 Å². The third kappa shape index (κ3) is 27.0. The van der Waals surface area contributed by atoms with Gasteiger partial charge in [0.15, 0.2) is 0 Å². The molecule has 0 atom stereocenters. The third-order valence-corrected chi connectivity index (χ3v) is 0.868. The molecule has 0 bridgehead atoms. The highest BCUT2D eigenvalue weighted by molar-refractivity contribution is 8.04. The highest BCUT2D eigenvalue weighted by Gasteiger charge is 1.72. The zero-order valence-electron chi connectivity index (χ0n) is 5.91. The molecule has 0 unspecified atom stereocenters. The van der Waals surface area contributed by atoms with Crippen LogP contribution < -0.4 is 5.73 Å². The van der Waals surface area contributed by atoms with E-state index in [-0.39, 0.29) is 0 Å². The highest BCUT2D eigenvalue weighted by atomic mass is 32.2. The molecule has 0 aromatic carbocycles. The van der Waals surface area contributed by atoms with Crippen LogP contribution in [-0.2, 0) is 4.79 Å². The summed E-state index contributed by atoms with van der Waals surface area (Å²) in [5.74, 6) is 1.31. The molecule has 1 amide bonds. The molecule has 4 heteroatoms. The summed E-state index contributed by atoms with van der Waals surface area (Å²) in [6.07, 6.45) is 0. The maximum absolute atomic E-state index is 9.60. The number of amides is 1. The van der Waals surface area contributed by atoms with Crippen molar-refractivity contribution in [1.29, 1.82) is 0 Å². The van der Waals surface area contributed by atoms with Gasteiger partial charge < -0.3 is 5.73 Å². The second-order valence-electron chi connectivity index (χ2n) is 1.07. The molecule has 0 aromatic rings. The fourth-order valence-corrected chi connectivity index (χ4v) is 0.369. The van der Waals surface area contributed by atoms with Gasteiger partial charge in [-0.05, 0) is 16.1 Å². The molecule has 0 aliphatic rings. The molecule has 0 radical (unpaired) electrons. The molecular formula is C7H9NOS2. The van der Waals surface area contributed by atoms with E-state index in [0.717, 1.165) is 0 Å². The summed E-state index contributed by atoms with van der Waals surface area (Å²) in [5, 5.41) is 5.50. The summed E-state index contributed by atoms with van der Waals surface area (Å²) in [4.78, 5) is 9.60. The van der Waals surface area contributed by atoms with Crippen molar-refractivity contribution in [1.82, 2.24) is 0 Å². The lowest BCUT2D eigenvalue weighted by molar-refractivity contribution is -0.112. The summed E-state index contributed by atoms with van der Waals surface area (Å²) in [5.41, 5.74) is 4.54. The van der Waals surface area contributed by atoms with E-state index in [1.54, 1.807) is 10.8 Å². The van der Waals surface area contributed by atoms with E-state index in [1.807, 2.05) is 11.2 Å². The first-order valence-electron chi connectivity index (χ1n) is 2.50. The first-order valence-corrected chi connectivity index (χ1v) is 3.89. The van der Waals surface area contributed by atoms with Crippen LogP contribution in [0.2, 0.25) is 0 Å². The molecule has 2 nitrogen and oxygen atoms in total. The van der Waals surface area contributed by atoms with Crippen LogP contribution in [-0.4, -0.2) is 5.91 Å². The van der Waals surface area contributed by atoms with E-state index in [4.69, 9.17) is 0 Å². The molecule has 2 N–H and O–H groups in total. The van der Waals surface area contributed by atoms with E-state index < -0.39 is 5.91 Å². The fraction of sp³-hybridized carbons (Fsp3) is 0. The Hall–Kier alpha value is -0.790. The van der Waals surface area contributed by atoms with Gasteiger partial charge in [-0.1, -0.05) is 25.8 Å². The Morgan fingerprint density at radius 3 is 2.00 bits per heavy atom. The molecule has 60 valence electrons. The van der Waals surface area contributed by atoms with Crippen molar-refractivity contribution < 1.29 is 4.79 Å². The first kappa shape index (κ1) is 12.8. The molecule has 0 saturated heterocycles. The van der Waals surface area contributed by atoms with Crippen molar-refractivity contribution >= 4 is 30.3 Å². The molecular weight excluding hydrogens is 178 g/mol. The summed E-state index contributed by atoms with van der Waals surface area (Å²) in [6.45, 7) is 6.88. The molecule has 0 rings (SSSR count). The van der Waals surface area contributed by atoms with Gasteiger partial charge >= 0.3 is 0 Å². The number of hydrogen-bond donors (Lipinski definition) is 2.